The van der Waals surface area contributed by atoms with Gasteiger partial charge in [-0.25, -0.2) is 4.98 Å². The van der Waals surface area contributed by atoms with Crippen molar-refractivity contribution in [2.24, 2.45) is 0 Å². The quantitative estimate of drug-likeness (QED) is 0.585. The van der Waals surface area contributed by atoms with Crippen LogP contribution in [0, 0.1) is 0 Å². The summed E-state index contributed by atoms with van der Waals surface area (Å²) in [6.45, 7) is 4.15. The topological polar surface area (TPSA) is 51.2 Å². The zero-order valence-corrected chi connectivity index (χ0v) is 8.69. The van der Waals surface area contributed by atoms with Crippen LogP contribution < -0.4 is 10.1 Å². The second kappa shape index (κ2) is 5.80. The highest BCUT2D eigenvalue weighted by Gasteiger charge is 2.11. The second-order valence-corrected chi connectivity index (χ2v) is 2.89. The third-order valence-electron chi connectivity index (χ3n) is 1.84. The molecule has 4 heteroatoms. The number of carbonyl (C=O) groups is 1. The minimum atomic E-state index is -0.179. The third kappa shape index (κ3) is 3.09. The largest absolute Gasteiger partial charge is 0.480 e. The number of ether oxygens (including phenoxy) is 1. The van der Waals surface area contributed by atoms with Gasteiger partial charge in [-0.1, -0.05) is 6.08 Å². The predicted molar refractivity (Wildman–Crippen MR) is 57.9 cm³/mol. The summed E-state index contributed by atoms with van der Waals surface area (Å²) in [6.07, 6.45) is 4.08. The standard InChI is InChI=1S/C11H14N2O2/c1-3-4-7-12-10(14)9-6-5-8-13-11(9)15-2/h3,5-6,8H,1,4,7H2,2H3,(H,12,14). The molecular formula is C11H14N2O2. The minimum absolute atomic E-state index is 0.179. The Morgan fingerprint density at radius 1 is 1.73 bits per heavy atom. The summed E-state index contributed by atoms with van der Waals surface area (Å²) >= 11 is 0. The molecule has 1 aromatic rings. The summed E-state index contributed by atoms with van der Waals surface area (Å²) in [7, 11) is 1.49. The van der Waals surface area contributed by atoms with E-state index in [0.717, 1.165) is 6.42 Å². The molecule has 0 fully saturated rings. The molecule has 15 heavy (non-hydrogen) atoms. The molecule has 0 radical (unpaired) electrons. The molecule has 80 valence electrons. The van der Waals surface area contributed by atoms with Gasteiger partial charge in [0.1, 0.15) is 5.56 Å². The van der Waals surface area contributed by atoms with Gasteiger partial charge in [0, 0.05) is 12.7 Å². The normalized spacial score (nSPS) is 9.40. The molecule has 0 bridgehead atoms. The third-order valence-corrected chi connectivity index (χ3v) is 1.84. The van der Waals surface area contributed by atoms with Gasteiger partial charge in [-0.3, -0.25) is 4.79 Å². The first-order valence-electron chi connectivity index (χ1n) is 4.67. The molecule has 4 nitrogen and oxygen atoms in total. The van der Waals surface area contributed by atoms with E-state index in [2.05, 4.69) is 16.9 Å². The van der Waals surface area contributed by atoms with Gasteiger partial charge in [0.25, 0.3) is 5.91 Å². The van der Waals surface area contributed by atoms with E-state index in [1.54, 1.807) is 24.4 Å². The Balaban J connectivity index is 2.68. The first-order valence-corrected chi connectivity index (χ1v) is 4.67. The van der Waals surface area contributed by atoms with E-state index >= 15 is 0 Å². The number of nitrogens with one attached hydrogen (secondary N) is 1. The fourth-order valence-corrected chi connectivity index (χ4v) is 1.11. The first kappa shape index (κ1) is 11.2. The van der Waals surface area contributed by atoms with Crippen molar-refractivity contribution in [3.05, 3.63) is 36.5 Å². The van der Waals surface area contributed by atoms with Crippen molar-refractivity contribution in [2.75, 3.05) is 13.7 Å². The van der Waals surface area contributed by atoms with E-state index in [4.69, 9.17) is 4.74 Å². The lowest BCUT2D eigenvalue weighted by atomic mass is 10.2. The van der Waals surface area contributed by atoms with Gasteiger partial charge in [0.2, 0.25) is 5.88 Å². The molecule has 0 atom stereocenters. The molecule has 1 rings (SSSR count). The van der Waals surface area contributed by atoms with E-state index in [9.17, 15) is 4.79 Å². The number of nitrogens with zero attached hydrogens (tertiary/aromatic N) is 1. The number of carbonyl (C=O) groups excluding carboxylic acids is 1. The fourth-order valence-electron chi connectivity index (χ4n) is 1.11. The van der Waals surface area contributed by atoms with Gasteiger partial charge < -0.3 is 10.1 Å². The van der Waals surface area contributed by atoms with Crippen molar-refractivity contribution in [2.45, 2.75) is 6.42 Å². The van der Waals surface area contributed by atoms with Gasteiger partial charge >= 0.3 is 0 Å². The van der Waals surface area contributed by atoms with E-state index in [-0.39, 0.29) is 5.91 Å². The summed E-state index contributed by atoms with van der Waals surface area (Å²) in [6, 6.07) is 3.38. The lowest BCUT2D eigenvalue weighted by molar-refractivity contribution is 0.0950. The summed E-state index contributed by atoms with van der Waals surface area (Å²) in [5, 5.41) is 2.74. The second-order valence-electron chi connectivity index (χ2n) is 2.89. The van der Waals surface area contributed by atoms with Crippen molar-refractivity contribution in [3.63, 3.8) is 0 Å². The van der Waals surface area contributed by atoms with Crippen LogP contribution in [-0.4, -0.2) is 24.5 Å². The average molecular weight is 206 g/mol. The maximum Gasteiger partial charge on any atom is 0.256 e. The molecule has 0 saturated heterocycles. The highest BCUT2D eigenvalue weighted by molar-refractivity contribution is 5.96. The molecule has 0 aliphatic heterocycles. The molecule has 1 amide bonds. The zero-order valence-electron chi connectivity index (χ0n) is 8.69. The maximum atomic E-state index is 11.6. The molecule has 0 unspecified atom stereocenters. The van der Waals surface area contributed by atoms with Crippen molar-refractivity contribution in [3.8, 4) is 5.88 Å². The Bertz CT molecular complexity index is 350. The molecule has 0 aliphatic rings. The number of pyridine rings is 1. The Kier molecular flexibility index (Phi) is 4.34. The molecule has 1 aromatic heterocycles. The summed E-state index contributed by atoms with van der Waals surface area (Å²) in [5.74, 6) is 0.162. The highest BCUT2D eigenvalue weighted by Crippen LogP contribution is 2.12. The highest BCUT2D eigenvalue weighted by atomic mass is 16.5. The smallest absolute Gasteiger partial charge is 0.256 e. The van der Waals surface area contributed by atoms with Crippen LogP contribution in [0.2, 0.25) is 0 Å². The van der Waals surface area contributed by atoms with Crippen LogP contribution >= 0.6 is 0 Å². The Labute approximate surface area is 89.0 Å². The van der Waals surface area contributed by atoms with Crippen LogP contribution in [0.1, 0.15) is 16.8 Å². The zero-order chi connectivity index (χ0) is 11.1. The van der Waals surface area contributed by atoms with Crippen LogP contribution in [0.5, 0.6) is 5.88 Å². The lowest BCUT2D eigenvalue weighted by Gasteiger charge is -2.06. The van der Waals surface area contributed by atoms with Gasteiger partial charge in [0.05, 0.1) is 7.11 Å². The van der Waals surface area contributed by atoms with Crippen molar-refractivity contribution in [1.29, 1.82) is 0 Å². The van der Waals surface area contributed by atoms with Crippen LogP contribution in [0.15, 0.2) is 31.0 Å². The lowest BCUT2D eigenvalue weighted by Crippen LogP contribution is -2.24. The molecule has 0 spiro atoms. The van der Waals surface area contributed by atoms with E-state index < -0.39 is 0 Å². The van der Waals surface area contributed by atoms with Crippen molar-refractivity contribution in [1.82, 2.24) is 10.3 Å². The number of hydrogen-bond donors (Lipinski definition) is 1. The molecule has 0 aliphatic carbocycles. The summed E-state index contributed by atoms with van der Waals surface area (Å²) < 4.78 is 4.98. The Morgan fingerprint density at radius 2 is 2.53 bits per heavy atom. The van der Waals surface area contributed by atoms with E-state index in [0.29, 0.717) is 18.0 Å². The average Bonchev–Trinajstić information content (AvgIpc) is 2.29. The molecule has 1 N–H and O–H groups in total. The number of methoxy groups -OCH3 is 1. The molecular weight excluding hydrogens is 192 g/mol. The SMILES string of the molecule is C=CCCNC(=O)c1cccnc1OC. The van der Waals surface area contributed by atoms with E-state index in [1.165, 1.54) is 7.11 Å². The van der Waals surface area contributed by atoms with Gasteiger partial charge in [0.15, 0.2) is 0 Å². The fraction of sp³-hybridized carbons (Fsp3) is 0.273. The molecule has 0 saturated carbocycles. The van der Waals surface area contributed by atoms with Gasteiger partial charge in [-0.2, -0.15) is 0 Å². The Hall–Kier alpha value is -1.84. The maximum absolute atomic E-state index is 11.6. The summed E-state index contributed by atoms with van der Waals surface area (Å²) in [4.78, 5) is 15.6. The van der Waals surface area contributed by atoms with Crippen molar-refractivity contribution >= 4 is 5.91 Å². The summed E-state index contributed by atoms with van der Waals surface area (Å²) in [5.41, 5.74) is 0.448. The van der Waals surface area contributed by atoms with Gasteiger partial charge in [-0.05, 0) is 18.6 Å². The molecule has 1 heterocycles. The number of aromatic nitrogens is 1. The predicted octanol–water partition coefficient (Wildman–Crippen LogP) is 1.40. The van der Waals surface area contributed by atoms with Crippen LogP contribution in [0.3, 0.4) is 0 Å². The van der Waals surface area contributed by atoms with E-state index in [1.807, 2.05) is 0 Å². The monoisotopic (exact) mass is 206 g/mol. The van der Waals surface area contributed by atoms with Crippen LogP contribution in [0.4, 0.5) is 0 Å². The number of hydrogen-bond acceptors (Lipinski definition) is 3. The number of amides is 1. The van der Waals surface area contributed by atoms with Crippen LogP contribution in [0.25, 0.3) is 0 Å². The Morgan fingerprint density at radius 3 is 3.20 bits per heavy atom. The molecule has 0 aromatic carbocycles. The van der Waals surface area contributed by atoms with Gasteiger partial charge in [-0.15, -0.1) is 6.58 Å². The first-order chi connectivity index (χ1) is 7.29. The van der Waals surface area contributed by atoms with Crippen molar-refractivity contribution < 1.29 is 9.53 Å². The number of rotatable bonds is 5. The van der Waals surface area contributed by atoms with Crippen LogP contribution in [-0.2, 0) is 0 Å². The minimum Gasteiger partial charge on any atom is -0.480 e.